The second-order valence-electron chi connectivity index (χ2n) is 4.51. The minimum atomic E-state index is 0.241. The van der Waals surface area contributed by atoms with Gasteiger partial charge in [-0.2, -0.15) is 0 Å². The zero-order chi connectivity index (χ0) is 13.0. The first-order chi connectivity index (χ1) is 8.69. The topological polar surface area (TPSA) is 37.8 Å². The Morgan fingerprint density at radius 2 is 1.89 bits per heavy atom. The molecule has 1 N–H and O–H groups in total. The van der Waals surface area contributed by atoms with Gasteiger partial charge in [-0.25, -0.2) is 9.97 Å². The van der Waals surface area contributed by atoms with Crippen LogP contribution in [0.25, 0.3) is 0 Å². The molecule has 0 aliphatic rings. The van der Waals surface area contributed by atoms with Crippen LogP contribution in [0.3, 0.4) is 0 Å². The Morgan fingerprint density at radius 3 is 2.50 bits per heavy atom. The van der Waals surface area contributed by atoms with Gasteiger partial charge in [-0.05, 0) is 31.4 Å². The summed E-state index contributed by atoms with van der Waals surface area (Å²) in [7, 11) is 0. The molecule has 3 heteroatoms. The van der Waals surface area contributed by atoms with Crippen molar-refractivity contribution in [2.24, 2.45) is 0 Å². The van der Waals surface area contributed by atoms with E-state index < -0.39 is 0 Å². The van der Waals surface area contributed by atoms with E-state index in [9.17, 15) is 0 Å². The minimum absolute atomic E-state index is 0.241. The summed E-state index contributed by atoms with van der Waals surface area (Å²) in [6, 6.07) is 10.9. The van der Waals surface area contributed by atoms with E-state index in [1.807, 2.05) is 13.0 Å². The number of nitrogens with one attached hydrogen (secondary N) is 1. The Kier molecular flexibility index (Phi) is 3.92. The van der Waals surface area contributed by atoms with Crippen molar-refractivity contribution in [3.8, 4) is 0 Å². The van der Waals surface area contributed by atoms with Gasteiger partial charge in [0.15, 0.2) is 0 Å². The highest BCUT2D eigenvalue weighted by Crippen LogP contribution is 2.18. The second kappa shape index (κ2) is 5.63. The molecule has 2 aromatic rings. The number of aryl methyl sites for hydroxylation is 2. The van der Waals surface area contributed by atoms with Gasteiger partial charge in [0.25, 0.3) is 0 Å². The van der Waals surface area contributed by atoms with Crippen molar-refractivity contribution in [2.45, 2.75) is 33.2 Å². The molecule has 1 aromatic heterocycles. The minimum Gasteiger partial charge on any atom is -0.363 e. The molecule has 0 aliphatic carbocycles. The highest BCUT2D eigenvalue weighted by atomic mass is 15.0. The van der Waals surface area contributed by atoms with Crippen molar-refractivity contribution in [2.75, 3.05) is 5.32 Å². The summed E-state index contributed by atoms with van der Waals surface area (Å²) in [4.78, 5) is 8.31. The molecule has 0 bridgehead atoms. The van der Waals surface area contributed by atoms with Crippen LogP contribution in [0.15, 0.2) is 36.7 Å². The highest BCUT2D eigenvalue weighted by molar-refractivity contribution is 5.38. The molecule has 1 unspecified atom stereocenters. The number of rotatable bonds is 4. The van der Waals surface area contributed by atoms with E-state index in [-0.39, 0.29) is 6.04 Å². The average Bonchev–Trinajstić information content (AvgIpc) is 2.39. The van der Waals surface area contributed by atoms with Crippen LogP contribution in [0, 0.1) is 6.92 Å². The number of benzene rings is 1. The highest BCUT2D eigenvalue weighted by Gasteiger charge is 2.06. The fraction of sp³-hybridized carbons (Fsp3) is 0.333. The molecule has 0 saturated heterocycles. The van der Waals surface area contributed by atoms with E-state index >= 15 is 0 Å². The van der Waals surface area contributed by atoms with E-state index in [0.29, 0.717) is 0 Å². The van der Waals surface area contributed by atoms with Crippen molar-refractivity contribution < 1.29 is 0 Å². The van der Waals surface area contributed by atoms with Crippen LogP contribution in [-0.4, -0.2) is 9.97 Å². The third-order valence-corrected chi connectivity index (χ3v) is 3.06. The van der Waals surface area contributed by atoms with Gasteiger partial charge < -0.3 is 5.32 Å². The van der Waals surface area contributed by atoms with Gasteiger partial charge >= 0.3 is 0 Å². The van der Waals surface area contributed by atoms with E-state index in [0.717, 1.165) is 17.9 Å². The van der Waals surface area contributed by atoms with Crippen molar-refractivity contribution in [1.82, 2.24) is 9.97 Å². The summed E-state index contributed by atoms with van der Waals surface area (Å²) >= 11 is 0. The second-order valence-corrected chi connectivity index (χ2v) is 4.51. The van der Waals surface area contributed by atoms with Gasteiger partial charge in [-0.3, -0.25) is 0 Å². The summed E-state index contributed by atoms with van der Waals surface area (Å²) in [6.45, 7) is 6.27. The maximum atomic E-state index is 4.22. The third-order valence-electron chi connectivity index (χ3n) is 3.06. The first kappa shape index (κ1) is 12.6. The summed E-state index contributed by atoms with van der Waals surface area (Å²) in [6.07, 6.45) is 2.66. The Hall–Kier alpha value is -1.90. The van der Waals surface area contributed by atoms with Crippen LogP contribution in [0.4, 0.5) is 5.82 Å². The fourth-order valence-electron chi connectivity index (χ4n) is 1.88. The number of nitrogens with zero attached hydrogens (tertiary/aromatic N) is 2. The van der Waals surface area contributed by atoms with Crippen LogP contribution < -0.4 is 5.32 Å². The molecule has 1 atom stereocenters. The SMILES string of the molecule is CCc1ccc(C(C)Nc2cc(C)ncn2)cc1. The first-order valence-corrected chi connectivity index (χ1v) is 6.33. The van der Waals surface area contributed by atoms with Crippen LogP contribution in [0.1, 0.15) is 36.7 Å². The number of anilines is 1. The molecule has 94 valence electrons. The Labute approximate surface area is 108 Å². The predicted octanol–water partition coefficient (Wildman–Crippen LogP) is 3.52. The summed E-state index contributed by atoms with van der Waals surface area (Å²) in [5.41, 5.74) is 3.60. The molecular formula is C15H19N3. The normalized spacial score (nSPS) is 12.2. The van der Waals surface area contributed by atoms with Crippen molar-refractivity contribution in [1.29, 1.82) is 0 Å². The lowest BCUT2D eigenvalue weighted by atomic mass is 10.1. The van der Waals surface area contributed by atoms with Crippen molar-refractivity contribution in [3.63, 3.8) is 0 Å². The molecule has 1 aromatic carbocycles. The standard InChI is InChI=1S/C15H19N3/c1-4-13-5-7-14(8-6-13)12(3)18-15-9-11(2)16-10-17-15/h5-10,12H,4H2,1-3H3,(H,16,17,18). The number of aromatic nitrogens is 2. The maximum absolute atomic E-state index is 4.22. The molecular weight excluding hydrogens is 222 g/mol. The lowest BCUT2D eigenvalue weighted by Crippen LogP contribution is -2.08. The summed E-state index contributed by atoms with van der Waals surface area (Å²) < 4.78 is 0. The van der Waals surface area contributed by atoms with E-state index in [1.165, 1.54) is 11.1 Å². The smallest absolute Gasteiger partial charge is 0.130 e. The first-order valence-electron chi connectivity index (χ1n) is 6.33. The van der Waals surface area contributed by atoms with Gasteiger partial charge in [0.2, 0.25) is 0 Å². The van der Waals surface area contributed by atoms with Gasteiger partial charge in [0.05, 0.1) is 0 Å². The molecule has 18 heavy (non-hydrogen) atoms. The number of hydrogen-bond acceptors (Lipinski definition) is 3. The van der Waals surface area contributed by atoms with Crippen LogP contribution in [0.5, 0.6) is 0 Å². The Balaban J connectivity index is 2.09. The van der Waals surface area contributed by atoms with Gasteiger partial charge in [-0.1, -0.05) is 31.2 Å². The fourth-order valence-corrected chi connectivity index (χ4v) is 1.88. The molecule has 0 fully saturated rings. The molecule has 2 rings (SSSR count). The van der Waals surface area contributed by atoms with Crippen molar-refractivity contribution in [3.05, 3.63) is 53.5 Å². The molecule has 0 amide bonds. The Morgan fingerprint density at radius 1 is 1.17 bits per heavy atom. The van der Waals surface area contributed by atoms with E-state index in [1.54, 1.807) is 6.33 Å². The molecule has 3 nitrogen and oxygen atoms in total. The summed E-state index contributed by atoms with van der Waals surface area (Å²) in [5.74, 6) is 0.870. The Bertz CT molecular complexity index is 505. The largest absolute Gasteiger partial charge is 0.363 e. The lowest BCUT2D eigenvalue weighted by Gasteiger charge is -2.15. The predicted molar refractivity (Wildman–Crippen MR) is 74.6 cm³/mol. The monoisotopic (exact) mass is 241 g/mol. The molecule has 0 saturated carbocycles. The molecule has 0 radical (unpaired) electrons. The van der Waals surface area contributed by atoms with Crippen LogP contribution in [-0.2, 0) is 6.42 Å². The maximum Gasteiger partial charge on any atom is 0.130 e. The zero-order valence-corrected chi connectivity index (χ0v) is 11.1. The van der Waals surface area contributed by atoms with Gasteiger partial charge in [0.1, 0.15) is 12.1 Å². The van der Waals surface area contributed by atoms with Crippen LogP contribution >= 0.6 is 0 Å². The van der Waals surface area contributed by atoms with E-state index in [4.69, 9.17) is 0 Å². The molecule has 1 heterocycles. The number of hydrogen-bond donors (Lipinski definition) is 1. The van der Waals surface area contributed by atoms with E-state index in [2.05, 4.69) is 53.4 Å². The molecule has 0 spiro atoms. The lowest BCUT2D eigenvalue weighted by molar-refractivity contribution is 0.868. The van der Waals surface area contributed by atoms with Crippen molar-refractivity contribution >= 4 is 5.82 Å². The summed E-state index contributed by atoms with van der Waals surface area (Å²) in [5, 5.41) is 3.39. The van der Waals surface area contributed by atoms with Gasteiger partial charge in [0, 0.05) is 17.8 Å². The van der Waals surface area contributed by atoms with Crippen LogP contribution in [0.2, 0.25) is 0 Å². The average molecular weight is 241 g/mol. The van der Waals surface area contributed by atoms with Gasteiger partial charge in [-0.15, -0.1) is 0 Å². The molecule has 0 aliphatic heterocycles. The zero-order valence-electron chi connectivity index (χ0n) is 11.1. The quantitative estimate of drug-likeness (QED) is 0.890. The third kappa shape index (κ3) is 3.06.